The Hall–Kier alpha value is -2.21. The second-order valence-electron chi connectivity index (χ2n) is 5.22. The van der Waals surface area contributed by atoms with Gasteiger partial charge in [0.25, 0.3) is 0 Å². The maximum absolute atomic E-state index is 11.8. The van der Waals surface area contributed by atoms with Gasteiger partial charge in [-0.2, -0.15) is 0 Å². The van der Waals surface area contributed by atoms with Crippen LogP contribution in [-0.4, -0.2) is 23.3 Å². The van der Waals surface area contributed by atoms with Gasteiger partial charge in [0.2, 0.25) is 11.8 Å². The van der Waals surface area contributed by atoms with E-state index in [4.69, 9.17) is 4.42 Å². The number of hydrogen-bond acceptors (Lipinski definition) is 4. The van der Waals surface area contributed by atoms with Crippen molar-refractivity contribution in [1.82, 2.24) is 5.32 Å². The lowest BCUT2D eigenvalue weighted by Gasteiger charge is -2.11. The summed E-state index contributed by atoms with van der Waals surface area (Å²) >= 11 is 1.28. The van der Waals surface area contributed by atoms with Crippen molar-refractivity contribution in [1.29, 1.82) is 0 Å². The second kappa shape index (κ2) is 8.43. The largest absolute Gasteiger partial charge is 0.467 e. The van der Waals surface area contributed by atoms with Crippen LogP contribution in [0.5, 0.6) is 0 Å². The Bertz CT molecular complexity index is 656. The maximum atomic E-state index is 11.8. The molecule has 0 aliphatic rings. The molecule has 2 rings (SSSR count). The highest BCUT2D eigenvalue weighted by Gasteiger charge is 2.12. The van der Waals surface area contributed by atoms with E-state index in [-0.39, 0.29) is 29.4 Å². The minimum atomic E-state index is -0.181. The van der Waals surface area contributed by atoms with Crippen LogP contribution in [0.4, 0.5) is 5.69 Å². The molecule has 1 aromatic heterocycles. The Morgan fingerprint density at radius 2 is 1.96 bits per heavy atom. The van der Waals surface area contributed by atoms with Crippen LogP contribution in [0.15, 0.2) is 47.1 Å². The molecule has 1 aromatic carbocycles. The van der Waals surface area contributed by atoms with E-state index in [9.17, 15) is 9.59 Å². The van der Waals surface area contributed by atoms with Crippen molar-refractivity contribution in [2.24, 2.45) is 0 Å². The van der Waals surface area contributed by atoms with Gasteiger partial charge < -0.3 is 15.1 Å². The van der Waals surface area contributed by atoms with E-state index in [2.05, 4.69) is 10.6 Å². The molecule has 23 heavy (non-hydrogen) atoms. The summed E-state index contributed by atoms with van der Waals surface area (Å²) in [4.78, 5) is 23.7. The van der Waals surface area contributed by atoms with E-state index in [1.54, 1.807) is 12.3 Å². The number of amides is 2. The molecule has 5 nitrogen and oxygen atoms in total. The van der Waals surface area contributed by atoms with Crippen LogP contribution in [0.25, 0.3) is 0 Å². The van der Waals surface area contributed by atoms with Gasteiger partial charge in [-0.15, -0.1) is 11.8 Å². The van der Waals surface area contributed by atoms with Gasteiger partial charge in [0.1, 0.15) is 5.76 Å². The number of anilines is 1. The van der Waals surface area contributed by atoms with Crippen LogP contribution < -0.4 is 10.6 Å². The van der Waals surface area contributed by atoms with E-state index in [0.29, 0.717) is 5.76 Å². The van der Waals surface area contributed by atoms with Crippen LogP contribution in [0.1, 0.15) is 24.3 Å². The van der Waals surface area contributed by atoms with Gasteiger partial charge in [-0.1, -0.05) is 12.1 Å². The first-order chi connectivity index (χ1) is 11.0. The molecule has 0 unspecified atom stereocenters. The van der Waals surface area contributed by atoms with Crippen LogP contribution >= 0.6 is 11.8 Å². The van der Waals surface area contributed by atoms with Crippen molar-refractivity contribution in [2.45, 2.75) is 19.9 Å². The van der Waals surface area contributed by atoms with Gasteiger partial charge in [0.05, 0.1) is 23.8 Å². The van der Waals surface area contributed by atoms with Gasteiger partial charge >= 0.3 is 0 Å². The number of carbonyl (C=O) groups excluding carboxylic acids is 2. The molecular weight excluding hydrogens is 312 g/mol. The number of thioether (sulfide) groups is 1. The lowest BCUT2D eigenvalue weighted by molar-refractivity contribution is -0.119. The van der Waals surface area contributed by atoms with Crippen molar-refractivity contribution in [3.8, 4) is 0 Å². The SMILES string of the molecule is Cc1cccc(NC(=O)CSCC(=O)N[C@H](C)c2ccco2)c1. The molecule has 2 aromatic rings. The minimum Gasteiger partial charge on any atom is -0.467 e. The lowest BCUT2D eigenvalue weighted by Crippen LogP contribution is -2.28. The molecule has 1 atom stereocenters. The number of carbonyl (C=O) groups is 2. The maximum Gasteiger partial charge on any atom is 0.234 e. The first-order valence-corrected chi connectivity index (χ1v) is 8.47. The standard InChI is InChI=1S/C17H20N2O3S/c1-12-5-3-6-14(9-12)19-17(21)11-23-10-16(20)18-13(2)15-7-4-8-22-15/h3-9,13H,10-11H2,1-2H3,(H,18,20)(H,19,21)/t13-/m1/s1. The minimum absolute atomic E-state index is 0.118. The number of nitrogens with one attached hydrogen (secondary N) is 2. The third-order valence-corrected chi connectivity index (χ3v) is 4.05. The predicted octanol–water partition coefficient (Wildman–Crippen LogP) is 3.14. The summed E-state index contributed by atoms with van der Waals surface area (Å²) in [7, 11) is 0. The molecule has 0 aliphatic carbocycles. The Balaban J connectivity index is 1.68. The summed E-state index contributed by atoms with van der Waals surface area (Å²) in [6.45, 7) is 3.82. The molecule has 0 bridgehead atoms. The molecule has 6 heteroatoms. The number of aryl methyl sites for hydroxylation is 1. The van der Waals surface area contributed by atoms with Crippen molar-refractivity contribution in [3.05, 3.63) is 54.0 Å². The highest BCUT2D eigenvalue weighted by molar-refractivity contribution is 8.00. The zero-order valence-electron chi connectivity index (χ0n) is 13.2. The fourth-order valence-corrected chi connectivity index (χ4v) is 2.68. The van der Waals surface area contributed by atoms with Crippen LogP contribution in [0.2, 0.25) is 0 Å². The predicted molar refractivity (Wildman–Crippen MR) is 92.4 cm³/mol. The summed E-state index contributed by atoms with van der Waals surface area (Å²) in [5.74, 6) is 0.929. The van der Waals surface area contributed by atoms with E-state index < -0.39 is 0 Å². The molecule has 1 heterocycles. The summed E-state index contributed by atoms with van der Waals surface area (Å²) in [6.07, 6.45) is 1.57. The highest BCUT2D eigenvalue weighted by atomic mass is 32.2. The molecular formula is C17H20N2O3S. The number of rotatable bonds is 7. The van der Waals surface area contributed by atoms with Crippen LogP contribution in [0.3, 0.4) is 0 Å². The first kappa shape index (κ1) is 17.1. The van der Waals surface area contributed by atoms with Gasteiger partial charge in [-0.25, -0.2) is 0 Å². The Labute approximate surface area is 139 Å². The molecule has 0 aliphatic heterocycles. The summed E-state index contributed by atoms with van der Waals surface area (Å²) in [6, 6.07) is 11.0. The lowest BCUT2D eigenvalue weighted by atomic mass is 10.2. The van der Waals surface area contributed by atoms with E-state index in [1.165, 1.54) is 11.8 Å². The summed E-state index contributed by atoms with van der Waals surface area (Å²) in [5, 5.41) is 5.64. The number of hydrogen-bond donors (Lipinski definition) is 2. The number of benzene rings is 1. The van der Waals surface area contributed by atoms with Gasteiger partial charge in [-0.3, -0.25) is 9.59 Å². The third-order valence-electron chi connectivity index (χ3n) is 3.12. The normalized spacial score (nSPS) is 11.7. The smallest absolute Gasteiger partial charge is 0.234 e. The fourth-order valence-electron chi connectivity index (χ4n) is 2.05. The first-order valence-electron chi connectivity index (χ1n) is 7.31. The quantitative estimate of drug-likeness (QED) is 0.817. The summed E-state index contributed by atoms with van der Waals surface area (Å²) in [5.41, 5.74) is 1.85. The number of furan rings is 1. The Morgan fingerprint density at radius 3 is 2.65 bits per heavy atom. The van der Waals surface area contributed by atoms with Crippen LogP contribution in [0, 0.1) is 6.92 Å². The molecule has 122 valence electrons. The second-order valence-corrected chi connectivity index (χ2v) is 6.20. The third kappa shape index (κ3) is 5.83. The monoisotopic (exact) mass is 332 g/mol. The Kier molecular flexibility index (Phi) is 6.29. The van der Waals surface area contributed by atoms with Gasteiger partial charge in [-0.05, 0) is 43.7 Å². The van der Waals surface area contributed by atoms with Crippen molar-refractivity contribution < 1.29 is 14.0 Å². The molecule has 0 saturated carbocycles. The van der Waals surface area contributed by atoms with Gasteiger partial charge in [0, 0.05) is 5.69 Å². The molecule has 2 N–H and O–H groups in total. The van der Waals surface area contributed by atoms with E-state index in [0.717, 1.165) is 11.3 Å². The zero-order chi connectivity index (χ0) is 16.7. The van der Waals surface area contributed by atoms with Gasteiger partial charge in [0.15, 0.2) is 0 Å². The average molecular weight is 332 g/mol. The summed E-state index contributed by atoms with van der Waals surface area (Å²) < 4.78 is 5.23. The van der Waals surface area contributed by atoms with Crippen molar-refractivity contribution in [2.75, 3.05) is 16.8 Å². The van der Waals surface area contributed by atoms with Crippen molar-refractivity contribution >= 4 is 29.3 Å². The van der Waals surface area contributed by atoms with E-state index >= 15 is 0 Å². The molecule has 0 saturated heterocycles. The fraction of sp³-hybridized carbons (Fsp3) is 0.294. The zero-order valence-corrected chi connectivity index (χ0v) is 14.0. The average Bonchev–Trinajstić information content (AvgIpc) is 3.01. The van der Waals surface area contributed by atoms with Crippen LogP contribution in [-0.2, 0) is 9.59 Å². The molecule has 0 fully saturated rings. The van der Waals surface area contributed by atoms with Crippen molar-refractivity contribution in [3.63, 3.8) is 0 Å². The molecule has 2 amide bonds. The Morgan fingerprint density at radius 1 is 1.17 bits per heavy atom. The molecule has 0 radical (unpaired) electrons. The molecule has 0 spiro atoms. The van der Waals surface area contributed by atoms with E-state index in [1.807, 2.05) is 44.2 Å². The highest BCUT2D eigenvalue weighted by Crippen LogP contribution is 2.13. The topological polar surface area (TPSA) is 71.3 Å².